The number of ether oxygens (including phenoxy) is 2. The molecule has 0 aromatic rings. The molecule has 4 amide bonds. The average Bonchev–Trinajstić information content (AvgIpc) is 3.16. The third kappa shape index (κ3) is 6.86. The summed E-state index contributed by atoms with van der Waals surface area (Å²) in [6.45, 7) is 6.64. The standard InChI is InChI=1S/C20H26N2O6/c1-16(15-28-14-4-11-22-19(25)8-9-20(22)26)5-2-12-27-13-3-10-21-17(23)6-7-18(21)24/h6-9H,1-5,10-15H2. The molecule has 2 heterocycles. The first-order chi connectivity index (χ1) is 13.5. The van der Waals surface area contributed by atoms with Gasteiger partial charge in [-0.2, -0.15) is 0 Å². The van der Waals surface area contributed by atoms with E-state index in [0.717, 1.165) is 18.4 Å². The molecule has 2 aliphatic heterocycles. The van der Waals surface area contributed by atoms with Gasteiger partial charge in [-0.25, -0.2) is 0 Å². The van der Waals surface area contributed by atoms with Crippen LogP contribution < -0.4 is 0 Å². The van der Waals surface area contributed by atoms with Crippen molar-refractivity contribution in [2.24, 2.45) is 0 Å². The molecule has 0 atom stereocenters. The lowest BCUT2D eigenvalue weighted by Gasteiger charge is -2.14. The minimum absolute atomic E-state index is 0.267. The van der Waals surface area contributed by atoms with E-state index in [9.17, 15) is 19.2 Å². The van der Waals surface area contributed by atoms with Gasteiger partial charge in [-0.1, -0.05) is 12.2 Å². The summed E-state index contributed by atoms with van der Waals surface area (Å²) in [7, 11) is 0. The Labute approximate surface area is 164 Å². The maximum atomic E-state index is 11.4. The Hall–Kier alpha value is -2.58. The van der Waals surface area contributed by atoms with E-state index < -0.39 is 0 Å². The van der Waals surface area contributed by atoms with Crippen LogP contribution in [-0.2, 0) is 28.7 Å². The molecule has 0 N–H and O–H groups in total. The Balaban J connectivity index is 1.39. The number of hydrogen-bond donors (Lipinski definition) is 0. The van der Waals surface area contributed by atoms with Gasteiger partial charge < -0.3 is 9.47 Å². The minimum Gasteiger partial charge on any atom is -0.381 e. The van der Waals surface area contributed by atoms with Crippen molar-refractivity contribution < 1.29 is 28.7 Å². The highest BCUT2D eigenvalue weighted by Crippen LogP contribution is 2.07. The van der Waals surface area contributed by atoms with Gasteiger partial charge in [-0.15, -0.1) is 0 Å². The zero-order valence-electron chi connectivity index (χ0n) is 15.9. The molecule has 0 unspecified atom stereocenters. The topological polar surface area (TPSA) is 93.2 Å². The predicted molar refractivity (Wildman–Crippen MR) is 101 cm³/mol. The van der Waals surface area contributed by atoms with Crippen LogP contribution in [0.25, 0.3) is 0 Å². The van der Waals surface area contributed by atoms with Crippen molar-refractivity contribution in [2.45, 2.75) is 25.7 Å². The molecule has 8 nitrogen and oxygen atoms in total. The molecular weight excluding hydrogens is 364 g/mol. The fourth-order valence-electron chi connectivity index (χ4n) is 2.77. The predicted octanol–water partition coefficient (Wildman–Crippen LogP) is 0.986. The lowest BCUT2D eigenvalue weighted by Crippen LogP contribution is -2.31. The van der Waals surface area contributed by atoms with Gasteiger partial charge in [-0.05, 0) is 25.7 Å². The molecule has 0 saturated carbocycles. The van der Waals surface area contributed by atoms with Gasteiger partial charge in [0.05, 0.1) is 6.61 Å². The third-order valence-electron chi connectivity index (χ3n) is 4.27. The van der Waals surface area contributed by atoms with Gasteiger partial charge in [0.15, 0.2) is 0 Å². The van der Waals surface area contributed by atoms with Crippen molar-refractivity contribution in [1.29, 1.82) is 0 Å². The highest BCUT2D eigenvalue weighted by molar-refractivity contribution is 6.13. The molecule has 0 aromatic heterocycles. The van der Waals surface area contributed by atoms with E-state index in [4.69, 9.17) is 9.47 Å². The molecule has 0 fully saturated rings. The summed E-state index contributed by atoms with van der Waals surface area (Å²) in [5.41, 5.74) is 0.956. The molecule has 0 bridgehead atoms. The summed E-state index contributed by atoms with van der Waals surface area (Å²) in [5, 5.41) is 0. The van der Waals surface area contributed by atoms with Crippen molar-refractivity contribution in [2.75, 3.05) is 39.5 Å². The Kier molecular flexibility index (Phi) is 8.77. The molecule has 0 radical (unpaired) electrons. The first-order valence-corrected chi connectivity index (χ1v) is 9.38. The summed E-state index contributed by atoms with van der Waals surface area (Å²) in [6.07, 6.45) is 7.90. The second-order valence-electron chi connectivity index (χ2n) is 6.55. The van der Waals surface area contributed by atoms with Crippen LogP contribution >= 0.6 is 0 Å². The highest BCUT2D eigenvalue weighted by atomic mass is 16.5. The lowest BCUT2D eigenvalue weighted by molar-refractivity contribution is -0.138. The monoisotopic (exact) mass is 390 g/mol. The van der Waals surface area contributed by atoms with Gasteiger partial charge in [-0.3, -0.25) is 29.0 Å². The maximum absolute atomic E-state index is 11.4. The lowest BCUT2D eigenvalue weighted by atomic mass is 10.2. The number of nitrogens with zero attached hydrogens (tertiary/aromatic N) is 2. The van der Waals surface area contributed by atoms with Gasteiger partial charge >= 0.3 is 0 Å². The van der Waals surface area contributed by atoms with Crippen LogP contribution in [-0.4, -0.2) is 72.9 Å². The molecule has 0 saturated heterocycles. The second-order valence-corrected chi connectivity index (χ2v) is 6.55. The van der Waals surface area contributed by atoms with Crippen LogP contribution in [0.5, 0.6) is 0 Å². The Bertz CT molecular complexity index is 646. The van der Waals surface area contributed by atoms with Gasteiger partial charge in [0.25, 0.3) is 23.6 Å². The van der Waals surface area contributed by atoms with Gasteiger partial charge in [0.2, 0.25) is 0 Å². The zero-order valence-corrected chi connectivity index (χ0v) is 15.9. The van der Waals surface area contributed by atoms with Crippen LogP contribution in [0.4, 0.5) is 0 Å². The van der Waals surface area contributed by atoms with E-state index in [-0.39, 0.29) is 23.6 Å². The first-order valence-electron chi connectivity index (χ1n) is 9.38. The van der Waals surface area contributed by atoms with E-state index in [0.29, 0.717) is 52.4 Å². The van der Waals surface area contributed by atoms with Crippen molar-refractivity contribution in [3.63, 3.8) is 0 Å². The van der Waals surface area contributed by atoms with Crippen molar-refractivity contribution in [3.8, 4) is 0 Å². The van der Waals surface area contributed by atoms with Crippen LogP contribution in [0.3, 0.4) is 0 Å². The largest absolute Gasteiger partial charge is 0.381 e. The molecule has 152 valence electrons. The van der Waals surface area contributed by atoms with Gasteiger partial charge in [0.1, 0.15) is 0 Å². The molecule has 28 heavy (non-hydrogen) atoms. The number of carbonyl (C=O) groups excluding carboxylic acids is 4. The SMILES string of the molecule is C=C(CCCOCCCN1C(=O)C=CC1=O)COCCCN1C(=O)C=CC1=O. The van der Waals surface area contributed by atoms with Crippen molar-refractivity contribution >= 4 is 23.6 Å². The number of carbonyl (C=O) groups is 4. The molecule has 2 aliphatic rings. The fraction of sp³-hybridized carbons (Fsp3) is 0.500. The molecular formula is C20H26N2O6. The number of imide groups is 2. The summed E-state index contributed by atoms with van der Waals surface area (Å²) < 4.78 is 11.0. The quantitative estimate of drug-likeness (QED) is 0.249. The smallest absolute Gasteiger partial charge is 0.253 e. The van der Waals surface area contributed by atoms with Crippen LogP contribution in [0.1, 0.15) is 25.7 Å². The van der Waals surface area contributed by atoms with E-state index >= 15 is 0 Å². The number of rotatable bonds is 14. The van der Waals surface area contributed by atoms with Crippen LogP contribution in [0, 0.1) is 0 Å². The zero-order chi connectivity index (χ0) is 20.4. The van der Waals surface area contributed by atoms with Crippen molar-refractivity contribution in [1.82, 2.24) is 9.80 Å². The van der Waals surface area contributed by atoms with Crippen LogP contribution in [0.15, 0.2) is 36.5 Å². The number of amides is 4. The Morgan fingerprint density at radius 1 is 0.714 bits per heavy atom. The highest BCUT2D eigenvalue weighted by Gasteiger charge is 2.23. The molecule has 0 spiro atoms. The first kappa shape index (κ1) is 21.7. The van der Waals surface area contributed by atoms with Crippen LogP contribution in [0.2, 0.25) is 0 Å². The molecule has 2 rings (SSSR count). The second kappa shape index (κ2) is 11.3. The molecule has 0 aliphatic carbocycles. The van der Waals surface area contributed by atoms with E-state index in [1.54, 1.807) is 0 Å². The molecule has 0 aromatic carbocycles. The Morgan fingerprint density at radius 3 is 1.64 bits per heavy atom. The fourth-order valence-corrected chi connectivity index (χ4v) is 2.77. The van der Waals surface area contributed by atoms with Crippen molar-refractivity contribution in [3.05, 3.63) is 36.5 Å². The average molecular weight is 390 g/mol. The van der Waals surface area contributed by atoms with E-state index in [1.165, 1.54) is 34.1 Å². The van der Waals surface area contributed by atoms with E-state index in [1.807, 2.05) is 0 Å². The molecule has 8 heteroatoms. The van der Waals surface area contributed by atoms with E-state index in [2.05, 4.69) is 6.58 Å². The minimum atomic E-state index is -0.273. The normalized spacial score (nSPS) is 16.1. The summed E-state index contributed by atoms with van der Waals surface area (Å²) >= 11 is 0. The summed E-state index contributed by atoms with van der Waals surface area (Å²) in [4.78, 5) is 47.9. The third-order valence-corrected chi connectivity index (χ3v) is 4.27. The number of hydrogen-bond acceptors (Lipinski definition) is 6. The van der Waals surface area contributed by atoms with Gasteiger partial charge in [0, 0.05) is 57.2 Å². The summed E-state index contributed by atoms with van der Waals surface area (Å²) in [6, 6.07) is 0. The summed E-state index contributed by atoms with van der Waals surface area (Å²) in [5.74, 6) is -1.08. The Morgan fingerprint density at radius 2 is 1.14 bits per heavy atom. The maximum Gasteiger partial charge on any atom is 0.253 e.